The molecule has 4 rings (SSSR count). The summed E-state index contributed by atoms with van der Waals surface area (Å²) in [4.78, 5) is 27.2. The van der Waals surface area contributed by atoms with Crippen LogP contribution in [0.25, 0.3) is 5.76 Å². The molecule has 1 amide bonds. The van der Waals surface area contributed by atoms with Crippen LogP contribution in [-0.2, 0) is 19.4 Å². The summed E-state index contributed by atoms with van der Waals surface area (Å²) in [5.74, 6) is -2.29. The number of benzene rings is 2. The Morgan fingerprint density at radius 3 is 2.07 bits per heavy atom. The van der Waals surface area contributed by atoms with Gasteiger partial charge >= 0.3 is 0 Å². The Labute approximate surface area is 183 Å². The molecule has 2 unspecified atom stereocenters. The summed E-state index contributed by atoms with van der Waals surface area (Å²) in [7, 11) is -3.30. The van der Waals surface area contributed by atoms with Crippen LogP contribution < -0.4 is 0 Å². The molecule has 1 N–H and O–H groups in total. The molecule has 0 radical (unpaired) electrons. The lowest BCUT2D eigenvalue weighted by atomic mass is 9.95. The van der Waals surface area contributed by atoms with Gasteiger partial charge in [-0.05, 0) is 48.4 Å². The van der Waals surface area contributed by atoms with Crippen molar-refractivity contribution in [1.82, 2.24) is 4.90 Å². The van der Waals surface area contributed by atoms with E-state index in [1.807, 2.05) is 0 Å². The Morgan fingerprint density at radius 1 is 0.967 bits per heavy atom. The molecule has 0 aromatic heterocycles. The van der Waals surface area contributed by atoms with Crippen molar-refractivity contribution in [3.8, 4) is 0 Å². The maximum Gasteiger partial charge on any atom is 0.295 e. The molecule has 0 spiro atoms. The van der Waals surface area contributed by atoms with Gasteiger partial charge in [0.05, 0.1) is 23.1 Å². The first kappa shape index (κ1) is 20.9. The SMILES string of the molecule is O=C1C(=O)N(C2CCS(=O)(=O)C2)C(c2ccc(Cl)cc2)/C1=C(\O)c1ccc(Cl)cc1. The van der Waals surface area contributed by atoms with Gasteiger partial charge in [-0.2, -0.15) is 0 Å². The minimum atomic E-state index is -3.30. The van der Waals surface area contributed by atoms with Crippen molar-refractivity contribution in [2.24, 2.45) is 0 Å². The summed E-state index contributed by atoms with van der Waals surface area (Å²) in [6, 6.07) is 11.2. The Kier molecular flexibility index (Phi) is 5.38. The standard InChI is InChI=1S/C21H17Cl2NO5S/c22-14-5-1-12(2-6-14)18-17(19(25)13-3-7-15(23)8-4-13)20(26)21(27)24(18)16-9-10-30(28,29)11-16/h1-8,16,18,25H,9-11H2/b19-17+. The summed E-state index contributed by atoms with van der Waals surface area (Å²) < 4.78 is 24.1. The third kappa shape index (κ3) is 3.73. The van der Waals surface area contributed by atoms with Gasteiger partial charge in [0.2, 0.25) is 0 Å². The maximum atomic E-state index is 13.0. The normalized spacial score (nSPS) is 25.1. The third-order valence-corrected chi connectivity index (χ3v) is 7.64. The van der Waals surface area contributed by atoms with E-state index in [9.17, 15) is 23.1 Å². The minimum absolute atomic E-state index is 0.0504. The number of Topliss-reactive ketones (excluding diaryl/α,β-unsaturated/α-hetero) is 1. The molecule has 2 aromatic carbocycles. The molecular formula is C21H17Cl2NO5S. The minimum Gasteiger partial charge on any atom is -0.507 e. The van der Waals surface area contributed by atoms with Crippen LogP contribution in [0, 0.1) is 0 Å². The summed E-state index contributed by atoms with van der Waals surface area (Å²) in [5.41, 5.74) is 0.794. The largest absolute Gasteiger partial charge is 0.507 e. The fourth-order valence-electron chi connectivity index (χ4n) is 3.96. The molecule has 2 atom stereocenters. The van der Waals surface area contributed by atoms with Gasteiger partial charge < -0.3 is 10.0 Å². The number of nitrogens with zero attached hydrogens (tertiary/aromatic N) is 1. The summed E-state index contributed by atoms with van der Waals surface area (Å²) in [6.07, 6.45) is 0.237. The summed E-state index contributed by atoms with van der Waals surface area (Å²) in [6.45, 7) is 0. The second kappa shape index (κ2) is 7.72. The number of ketones is 1. The number of aliphatic hydroxyl groups is 1. The van der Waals surface area contributed by atoms with Crippen LogP contribution in [-0.4, -0.2) is 47.7 Å². The van der Waals surface area contributed by atoms with Crippen LogP contribution >= 0.6 is 23.2 Å². The van der Waals surface area contributed by atoms with Crippen LogP contribution in [0.1, 0.15) is 23.6 Å². The van der Waals surface area contributed by atoms with Crippen LogP contribution in [0.3, 0.4) is 0 Å². The smallest absolute Gasteiger partial charge is 0.295 e. The van der Waals surface area contributed by atoms with E-state index in [1.165, 1.54) is 4.90 Å². The topological polar surface area (TPSA) is 91.8 Å². The van der Waals surface area contributed by atoms with Crippen molar-refractivity contribution in [1.29, 1.82) is 0 Å². The van der Waals surface area contributed by atoms with Gasteiger partial charge in [0.25, 0.3) is 11.7 Å². The van der Waals surface area contributed by atoms with Crippen molar-refractivity contribution in [3.63, 3.8) is 0 Å². The summed E-state index contributed by atoms with van der Waals surface area (Å²) in [5, 5.41) is 11.9. The van der Waals surface area contributed by atoms with Crippen LogP contribution in [0.4, 0.5) is 0 Å². The van der Waals surface area contributed by atoms with Crippen LogP contribution in [0.2, 0.25) is 10.0 Å². The van der Waals surface area contributed by atoms with Gasteiger partial charge in [0.1, 0.15) is 5.76 Å². The Bertz CT molecular complexity index is 1160. The lowest BCUT2D eigenvalue weighted by molar-refractivity contribution is -0.141. The molecule has 30 heavy (non-hydrogen) atoms. The average molecular weight is 466 g/mol. The predicted octanol–water partition coefficient (Wildman–Crippen LogP) is 3.60. The van der Waals surface area contributed by atoms with Crippen LogP contribution in [0.15, 0.2) is 54.1 Å². The molecule has 6 nitrogen and oxygen atoms in total. The van der Waals surface area contributed by atoms with Gasteiger partial charge in [-0.1, -0.05) is 35.3 Å². The Balaban J connectivity index is 1.88. The first-order valence-electron chi connectivity index (χ1n) is 9.20. The second-order valence-electron chi connectivity index (χ2n) is 7.32. The van der Waals surface area contributed by atoms with Gasteiger partial charge in [-0.15, -0.1) is 0 Å². The highest BCUT2D eigenvalue weighted by Crippen LogP contribution is 2.42. The number of carbonyl (C=O) groups is 2. The van der Waals surface area contributed by atoms with Crippen molar-refractivity contribution in [3.05, 3.63) is 75.3 Å². The van der Waals surface area contributed by atoms with E-state index in [0.29, 0.717) is 21.2 Å². The Morgan fingerprint density at radius 2 is 1.53 bits per heavy atom. The average Bonchev–Trinajstić information content (AvgIpc) is 3.19. The highest BCUT2D eigenvalue weighted by Gasteiger charge is 2.50. The fourth-order valence-corrected chi connectivity index (χ4v) is 5.92. The molecule has 2 aliphatic heterocycles. The number of halogens is 2. The fraction of sp³-hybridized carbons (Fsp3) is 0.238. The molecular weight excluding hydrogens is 449 g/mol. The molecule has 2 fully saturated rings. The second-order valence-corrected chi connectivity index (χ2v) is 10.4. The molecule has 2 heterocycles. The first-order chi connectivity index (χ1) is 14.2. The molecule has 9 heteroatoms. The lowest BCUT2D eigenvalue weighted by Crippen LogP contribution is -2.40. The van der Waals surface area contributed by atoms with Crippen molar-refractivity contribution in [2.45, 2.75) is 18.5 Å². The van der Waals surface area contributed by atoms with Crippen molar-refractivity contribution < 1.29 is 23.1 Å². The number of hydrogen-bond acceptors (Lipinski definition) is 5. The van der Waals surface area contributed by atoms with Crippen molar-refractivity contribution >= 4 is 50.5 Å². The molecule has 2 aliphatic rings. The van der Waals surface area contributed by atoms with E-state index >= 15 is 0 Å². The number of hydrogen-bond donors (Lipinski definition) is 1. The molecule has 156 valence electrons. The van der Waals surface area contributed by atoms with Gasteiger partial charge in [0, 0.05) is 21.7 Å². The zero-order valence-corrected chi connectivity index (χ0v) is 17.9. The molecule has 2 aromatic rings. The number of likely N-dealkylation sites (tertiary alicyclic amines) is 1. The first-order valence-corrected chi connectivity index (χ1v) is 11.8. The number of sulfone groups is 1. The monoisotopic (exact) mass is 465 g/mol. The molecule has 0 aliphatic carbocycles. The van der Waals surface area contributed by atoms with E-state index in [0.717, 1.165) is 0 Å². The van der Waals surface area contributed by atoms with Gasteiger partial charge in [0.15, 0.2) is 9.84 Å². The Hall–Kier alpha value is -2.35. The quantitative estimate of drug-likeness (QED) is 0.424. The molecule has 2 saturated heterocycles. The zero-order valence-electron chi connectivity index (χ0n) is 15.6. The van der Waals surface area contributed by atoms with E-state index in [4.69, 9.17) is 23.2 Å². The maximum absolute atomic E-state index is 13.0. The zero-order chi connectivity index (χ0) is 21.6. The number of amides is 1. The van der Waals surface area contributed by atoms with E-state index in [2.05, 4.69) is 0 Å². The van der Waals surface area contributed by atoms with E-state index < -0.39 is 33.6 Å². The molecule has 0 saturated carbocycles. The predicted molar refractivity (Wildman–Crippen MR) is 114 cm³/mol. The highest BCUT2D eigenvalue weighted by molar-refractivity contribution is 7.91. The van der Waals surface area contributed by atoms with Gasteiger partial charge in [-0.3, -0.25) is 9.59 Å². The van der Waals surface area contributed by atoms with E-state index in [-0.39, 0.29) is 29.3 Å². The number of carbonyl (C=O) groups excluding carboxylic acids is 2. The highest BCUT2D eigenvalue weighted by atomic mass is 35.5. The van der Waals surface area contributed by atoms with Crippen LogP contribution in [0.5, 0.6) is 0 Å². The van der Waals surface area contributed by atoms with Crippen molar-refractivity contribution in [2.75, 3.05) is 11.5 Å². The third-order valence-electron chi connectivity index (χ3n) is 5.39. The lowest BCUT2D eigenvalue weighted by Gasteiger charge is -2.30. The van der Waals surface area contributed by atoms with E-state index in [1.54, 1.807) is 48.5 Å². The molecule has 0 bridgehead atoms. The summed E-state index contributed by atoms with van der Waals surface area (Å²) >= 11 is 11.9. The number of rotatable bonds is 3. The van der Waals surface area contributed by atoms with Gasteiger partial charge in [-0.25, -0.2) is 8.42 Å². The number of aliphatic hydroxyl groups excluding tert-OH is 1.